The lowest BCUT2D eigenvalue weighted by atomic mass is 10.3. The van der Waals surface area contributed by atoms with Gasteiger partial charge in [0.25, 0.3) is 0 Å². The van der Waals surface area contributed by atoms with E-state index in [9.17, 15) is 4.79 Å². The number of methoxy groups -OCH3 is 1. The van der Waals surface area contributed by atoms with Crippen molar-refractivity contribution >= 4 is 42.4 Å². The SMILES string of the molecule is COC(=O)c1cc(OCC2(N)CC2)cnc1Cl.Cl.Cl. The zero-order valence-corrected chi connectivity index (χ0v) is 12.6. The maximum atomic E-state index is 11.4. The highest BCUT2D eigenvalue weighted by molar-refractivity contribution is 6.32. The van der Waals surface area contributed by atoms with Gasteiger partial charge in [-0.15, -0.1) is 24.8 Å². The second kappa shape index (κ2) is 7.14. The number of halogens is 3. The van der Waals surface area contributed by atoms with Gasteiger partial charge in [0.05, 0.1) is 18.8 Å². The molecule has 8 heteroatoms. The van der Waals surface area contributed by atoms with Crippen molar-refractivity contribution in [2.75, 3.05) is 13.7 Å². The molecule has 1 aliphatic carbocycles. The summed E-state index contributed by atoms with van der Waals surface area (Å²) < 4.78 is 10.1. The second-order valence-electron chi connectivity index (χ2n) is 4.15. The average Bonchev–Trinajstić information content (AvgIpc) is 3.06. The monoisotopic (exact) mass is 328 g/mol. The van der Waals surface area contributed by atoms with Gasteiger partial charge >= 0.3 is 5.97 Å². The summed E-state index contributed by atoms with van der Waals surface area (Å²) in [4.78, 5) is 15.2. The lowest BCUT2D eigenvalue weighted by Crippen LogP contribution is -2.29. The molecule has 1 heterocycles. The van der Waals surface area contributed by atoms with Gasteiger partial charge in [-0.05, 0) is 18.9 Å². The fourth-order valence-electron chi connectivity index (χ4n) is 1.29. The Hall–Kier alpha value is -0.750. The minimum absolute atomic E-state index is 0. The number of hydrogen-bond acceptors (Lipinski definition) is 5. The molecule has 0 unspecified atom stereocenters. The van der Waals surface area contributed by atoms with E-state index >= 15 is 0 Å². The van der Waals surface area contributed by atoms with Gasteiger partial charge in [-0.2, -0.15) is 0 Å². The van der Waals surface area contributed by atoms with Crippen molar-refractivity contribution in [3.8, 4) is 5.75 Å². The van der Waals surface area contributed by atoms with E-state index < -0.39 is 5.97 Å². The fraction of sp³-hybridized carbons (Fsp3) is 0.455. The lowest BCUT2D eigenvalue weighted by Gasteiger charge is -2.11. The smallest absolute Gasteiger partial charge is 0.341 e. The Labute approximate surface area is 128 Å². The van der Waals surface area contributed by atoms with Crippen molar-refractivity contribution in [2.45, 2.75) is 18.4 Å². The zero-order valence-electron chi connectivity index (χ0n) is 10.2. The molecule has 19 heavy (non-hydrogen) atoms. The highest BCUT2D eigenvalue weighted by atomic mass is 35.5. The van der Waals surface area contributed by atoms with Crippen molar-refractivity contribution in [3.05, 3.63) is 23.0 Å². The van der Waals surface area contributed by atoms with Gasteiger partial charge in [-0.3, -0.25) is 0 Å². The number of carbonyl (C=O) groups is 1. The summed E-state index contributed by atoms with van der Waals surface area (Å²) in [5, 5.41) is 0.0954. The highest BCUT2D eigenvalue weighted by Gasteiger charge is 2.39. The normalized spacial score (nSPS) is 14.7. The zero-order chi connectivity index (χ0) is 12.5. The van der Waals surface area contributed by atoms with Crippen LogP contribution < -0.4 is 10.5 Å². The van der Waals surface area contributed by atoms with E-state index in [2.05, 4.69) is 9.72 Å². The third-order valence-corrected chi connectivity index (χ3v) is 2.94. The Morgan fingerprint density at radius 3 is 2.68 bits per heavy atom. The van der Waals surface area contributed by atoms with Crippen molar-refractivity contribution in [1.82, 2.24) is 4.98 Å². The van der Waals surface area contributed by atoms with E-state index in [0.29, 0.717) is 12.4 Å². The summed E-state index contributed by atoms with van der Waals surface area (Å²) in [6.07, 6.45) is 3.37. The molecule has 5 nitrogen and oxygen atoms in total. The number of esters is 1. The predicted octanol–water partition coefficient (Wildman–Crippen LogP) is 2.24. The summed E-state index contributed by atoms with van der Waals surface area (Å²) in [5.74, 6) is -0.0756. The molecular weight excluding hydrogens is 314 g/mol. The van der Waals surface area contributed by atoms with E-state index in [-0.39, 0.29) is 41.1 Å². The number of nitrogens with two attached hydrogens (primary N) is 1. The molecule has 0 saturated heterocycles. The lowest BCUT2D eigenvalue weighted by molar-refractivity contribution is 0.0600. The summed E-state index contributed by atoms with van der Waals surface area (Å²) in [5.41, 5.74) is 5.86. The van der Waals surface area contributed by atoms with Crippen LogP contribution in [-0.2, 0) is 4.74 Å². The van der Waals surface area contributed by atoms with E-state index in [1.807, 2.05) is 0 Å². The number of carbonyl (C=O) groups excluding carboxylic acids is 1. The Kier molecular flexibility index (Phi) is 6.86. The molecule has 1 fully saturated rings. The molecule has 0 radical (unpaired) electrons. The van der Waals surface area contributed by atoms with Gasteiger partial charge in [0.1, 0.15) is 23.1 Å². The highest BCUT2D eigenvalue weighted by Crippen LogP contribution is 2.32. The summed E-state index contributed by atoms with van der Waals surface area (Å²) in [6.45, 7) is 0.414. The molecule has 0 amide bonds. The van der Waals surface area contributed by atoms with Crippen LogP contribution in [-0.4, -0.2) is 30.2 Å². The minimum Gasteiger partial charge on any atom is -0.490 e. The fourth-order valence-corrected chi connectivity index (χ4v) is 1.47. The van der Waals surface area contributed by atoms with Crippen LogP contribution >= 0.6 is 36.4 Å². The van der Waals surface area contributed by atoms with Crippen LogP contribution in [0, 0.1) is 0 Å². The van der Waals surface area contributed by atoms with Crippen molar-refractivity contribution < 1.29 is 14.3 Å². The van der Waals surface area contributed by atoms with Gasteiger partial charge in [0.15, 0.2) is 0 Å². The Morgan fingerprint density at radius 1 is 1.53 bits per heavy atom. The Morgan fingerprint density at radius 2 is 2.16 bits per heavy atom. The maximum absolute atomic E-state index is 11.4. The quantitative estimate of drug-likeness (QED) is 0.677. The van der Waals surface area contributed by atoms with Crippen LogP contribution in [0.4, 0.5) is 0 Å². The van der Waals surface area contributed by atoms with Crippen LogP contribution in [0.25, 0.3) is 0 Å². The van der Waals surface area contributed by atoms with E-state index in [1.165, 1.54) is 19.4 Å². The molecule has 108 valence electrons. The topological polar surface area (TPSA) is 74.4 Å². The van der Waals surface area contributed by atoms with Crippen LogP contribution in [0.3, 0.4) is 0 Å². The third-order valence-electron chi connectivity index (χ3n) is 2.64. The summed E-state index contributed by atoms with van der Waals surface area (Å²) in [7, 11) is 1.28. The van der Waals surface area contributed by atoms with Gasteiger partial charge in [0.2, 0.25) is 0 Å². The van der Waals surface area contributed by atoms with Crippen LogP contribution in [0.5, 0.6) is 5.75 Å². The van der Waals surface area contributed by atoms with Crippen molar-refractivity contribution in [1.29, 1.82) is 0 Å². The van der Waals surface area contributed by atoms with Gasteiger partial charge in [-0.25, -0.2) is 9.78 Å². The molecule has 1 aliphatic rings. The first kappa shape index (κ1) is 18.2. The number of hydrogen-bond donors (Lipinski definition) is 1. The number of rotatable bonds is 4. The van der Waals surface area contributed by atoms with Gasteiger partial charge < -0.3 is 15.2 Å². The predicted molar refractivity (Wildman–Crippen MR) is 76.7 cm³/mol. The molecule has 0 atom stereocenters. The van der Waals surface area contributed by atoms with E-state index in [0.717, 1.165) is 12.8 Å². The molecule has 0 aliphatic heterocycles. The molecule has 1 saturated carbocycles. The minimum atomic E-state index is -0.540. The second-order valence-corrected chi connectivity index (χ2v) is 4.51. The molecular formula is C11H15Cl3N2O3. The van der Waals surface area contributed by atoms with Gasteiger partial charge in [-0.1, -0.05) is 11.6 Å². The Bertz CT molecular complexity index is 453. The number of aromatic nitrogens is 1. The van der Waals surface area contributed by atoms with Gasteiger partial charge in [0, 0.05) is 0 Å². The first-order valence-corrected chi connectivity index (χ1v) is 5.57. The molecule has 0 aromatic carbocycles. The molecule has 1 aromatic heterocycles. The molecule has 1 aromatic rings. The number of ether oxygens (including phenoxy) is 2. The standard InChI is InChI=1S/C11H13ClN2O3.2ClH/c1-16-10(15)8-4-7(5-14-9(8)12)17-6-11(13)2-3-11;;/h4-5H,2-3,6,13H2,1H3;2*1H. The van der Waals surface area contributed by atoms with Crippen LogP contribution in [0.15, 0.2) is 12.3 Å². The first-order valence-electron chi connectivity index (χ1n) is 5.20. The van der Waals surface area contributed by atoms with Crippen LogP contribution in [0.2, 0.25) is 5.15 Å². The summed E-state index contributed by atoms with van der Waals surface area (Å²) >= 11 is 5.78. The largest absolute Gasteiger partial charge is 0.490 e. The van der Waals surface area contributed by atoms with Crippen molar-refractivity contribution in [2.24, 2.45) is 5.73 Å². The molecule has 2 N–H and O–H groups in total. The van der Waals surface area contributed by atoms with E-state index in [1.54, 1.807) is 0 Å². The van der Waals surface area contributed by atoms with Crippen molar-refractivity contribution in [3.63, 3.8) is 0 Å². The Balaban J connectivity index is 0.00000162. The maximum Gasteiger partial charge on any atom is 0.341 e. The number of nitrogens with zero attached hydrogens (tertiary/aromatic N) is 1. The number of pyridine rings is 1. The molecule has 2 rings (SSSR count). The third kappa shape index (κ3) is 4.69. The average molecular weight is 330 g/mol. The first-order chi connectivity index (χ1) is 8.04. The molecule has 0 spiro atoms. The van der Waals surface area contributed by atoms with Crippen LogP contribution in [0.1, 0.15) is 23.2 Å². The molecule has 0 bridgehead atoms. The van der Waals surface area contributed by atoms with E-state index in [4.69, 9.17) is 22.1 Å². The summed E-state index contributed by atoms with van der Waals surface area (Å²) in [6, 6.07) is 1.51.